The first-order valence-electron chi connectivity index (χ1n) is 13.5. The fourth-order valence-electron chi connectivity index (χ4n) is 6.91. The average Bonchev–Trinajstić information content (AvgIpc) is 3.40. The van der Waals surface area contributed by atoms with Gasteiger partial charge in [0.05, 0.1) is 11.6 Å². The summed E-state index contributed by atoms with van der Waals surface area (Å²) in [5.41, 5.74) is 2.29. The molecule has 10 nitrogen and oxygen atoms in total. The lowest BCUT2D eigenvalue weighted by Crippen LogP contribution is -2.65. The van der Waals surface area contributed by atoms with E-state index in [2.05, 4.69) is 4.90 Å². The van der Waals surface area contributed by atoms with E-state index in [1.54, 1.807) is 33.5 Å². The van der Waals surface area contributed by atoms with Gasteiger partial charge in [-0.15, -0.1) is 0 Å². The number of aliphatic hydroxyl groups excluding tert-OH is 2. The molecule has 4 unspecified atom stereocenters. The second kappa shape index (κ2) is 10.3. The van der Waals surface area contributed by atoms with Crippen molar-refractivity contribution < 1.29 is 38.8 Å². The highest BCUT2D eigenvalue weighted by Gasteiger charge is 2.64. The third-order valence-electron chi connectivity index (χ3n) is 8.71. The van der Waals surface area contributed by atoms with Gasteiger partial charge in [0.1, 0.15) is 28.7 Å². The molecule has 11 heteroatoms. The molecule has 0 radical (unpaired) electrons. The van der Waals surface area contributed by atoms with E-state index < -0.39 is 63.9 Å². The molecule has 2 fully saturated rings. The van der Waals surface area contributed by atoms with Gasteiger partial charge >= 0.3 is 0 Å². The second-order valence-electron chi connectivity index (χ2n) is 11.4. The molecule has 4 atom stereocenters. The van der Waals surface area contributed by atoms with Crippen molar-refractivity contribution in [3.05, 3.63) is 51.9 Å². The quantitative estimate of drug-likeness (QED) is 0.290. The monoisotopic (exact) mass is 556 g/mol. The van der Waals surface area contributed by atoms with Crippen LogP contribution in [0.2, 0.25) is 0 Å². The Bertz CT molecular complexity index is 1350. The maximum atomic E-state index is 16.1. The molecule has 0 aromatic heterocycles. The van der Waals surface area contributed by atoms with E-state index in [0.717, 1.165) is 25.9 Å². The van der Waals surface area contributed by atoms with Gasteiger partial charge in [-0.05, 0) is 71.5 Å². The van der Waals surface area contributed by atoms with E-state index in [4.69, 9.17) is 10.5 Å². The van der Waals surface area contributed by atoms with Gasteiger partial charge < -0.3 is 25.8 Å². The third-order valence-corrected chi connectivity index (χ3v) is 8.71. The Labute approximate surface area is 231 Å². The number of nitrogens with two attached hydrogens (primary N) is 1. The molecule has 4 aliphatic rings. The van der Waals surface area contributed by atoms with Crippen molar-refractivity contribution in [3.63, 3.8) is 0 Å². The summed E-state index contributed by atoms with van der Waals surface area (Å²) in [6.07, 6.45) is 3.79. The van der Waals surface area contributed by atoms with Gasteiger partial charge in [-0.2, -0.15) is 6.92 Å². The van der Waals surface area contributed by atoms with Gasteiger partial charge in [0.2, 0.25) is 5.78 Å². The molecule has 216 valence electrons. The minimum absolute atomic E-state index is 0.0143. The van der Waals surface area contributed by atoms with Crippen LogP contribution in [0.1, 0.15) is 42.9 Å². The number of carbonyl (C=O) groups excluding carboxylic acids is 3. The maximum absolute atomic E-state index is 16.1. The van der Waals surface area contributed by atoms with Crippen molar-refractivity contribution in [1.82, 2.24) is 9.80 Å². The molecule has 1 heterocycles. The number of carbonyl (C=O) groups is 3. The van der Waals surface area contributed by atoms with Gasteiger partial charge in [0, 0.05) is 29.2 Å². The first-order chi connectivity index (χ1) is 18.9. The van der Waals surface area contributed by atoms with Crippen molar-refractivity contribution in [2.75, 3.05) is 33.8 Å². The summed E-state index contributed by atoms with van der Waals surface area (Å²) in [5.74, 6) is -7.02. The van der Waals surface area contributed by atoms with Crippen molar-refractivity contribution in [3.8, 4) is 5.75 Å². The zero-order chi connectivity index (χ0) is 29.1. The number of fused-ring (bicyclic) bond motifs is 3. The number of hydrogen-bond acceptors (Lipinski definition) is 9. The van der Waals surface area contributed by atoms with Crippen LogP contribution >= 0.6 is 0 Å². The third kappa shape index (κ3) is 4.13. The largest absolute Gasteiger partial charge is 0.524 e. The zero-order valence-corrected chi connectivity index (χ0v) is 22.9. The first-order valence-corrected chi connectivity index (χ1v) is 13.5. The van der Waals surface area contributed by atoms with Gasteiger partial charge in [-0.3, -0.25) is 30.6 Å². The van der Waals surface area contributed by atoms with Crippen molar-refractivity contribution in [2.45, 2.75) is 50.8 Å². The van der Waals surface area contributed by atoms with Gasteiger partial charge in [0.25, 0.3) is 5.91 Å². The minimum Gasteiger partial charge on any atom is -0.524 e. The molecule has 5 rings (SSSR count). The number of amides is 1. The fourth-order valence-corrected chi connectivity index (χ4v) is 6.91. The van der Waals surface area contributed by atoms with Gasteiger partial charge in [-0.25, -0.2) is 4.39 Å². The fraction of sp³-hybridized carbons (Fsp3) is 0.517. The molecule has 0 spiro atoms. The van der Waals surface area contributed by atoms with Crippen LogP contribution in [0.5, 0.6) is 5.75 Å². The summed E-state index contributed by atoms with van der Waals surface area (Å²) in [7, 11) is 3.10. The van der Waals surface area contributed by atoms with Crippen LogP contribution in [0.15, 0.2) is 23.0 Å². The maximum Gasteiger partial charge on any atom is 0.255 e. The van der Waals surface area contributed by atoms with Crippen molar-refractivity contribution in [1.29, 1.82) is 0 Å². The summed E-state index contributed by atoms with van der Waals surface area (Å²) in [6.45, 7) is 4.04. The first kappa shape index (κ1) is 28.3. The molecular formula is C29H35FN3O7-. The number of nitrogens with zero attached hydrogens (tertiary/aromatic N) is 2. The predicted molar refractivity (Wildman–Crippen MR) is 143 cm³/mol. The molecule has 40 heavy (non-hydrogen) atoms. The lowest BCUT2D eigenvalue weighted by molar-refractivity contribution is -0.153. The topological polar surface area (TPSA) is 154 Å². The number of Topliss-reactive ketones (excluding diaryl/α,β-unsaturated/α-hetero) is 2. The summed E-state index contributed by atoms with van der Waals surface area (Å²) < 4.78 is 22.0. The highest BCUT2D eigenvalue weighted by molar-refractivity contribution is 6.24. The average molecular weight is 557 g/mol. The number of likely N-dealkylation sites (N-methyl/N-ethyl adjacent to an activating group) is 1. The Morgan fingerprint density at radius 1 is 1.27 bits per heavy atom. The standard InChI is InChI=1S/C29H35FN3O7/c1-4-9-40-18-12-15(13-33-7-5-6-8-33)22(30)16-10-14-11-17-23(32(2)3)25(35)21(28(31)38)27(37)29(17,39)26(36)19(14)24(34)20(16)18/h4,12,14,17,23,34,37,39H,5-11,13H2,1-3H3,(H2,31,38)/q-1. The number of rotatable bonds is 7. The number of ketones is 2. The van der Waals surface area contributed by atoms with E-state index in [0.29, 0.717) is 12.1 Å². The molecule has 1 saturated heterocycles. The Kier molecular flexibility index (Phi) is 7.26. The molecule has 1 amide bonds. The van der Waals surface area contributed by atoms with Crippen LogP contribution in [-0.2, 0) is 27.3 Å². The van der Waals surface area contributed by atoms with Gasteiger partial charge in [0.15, 0.2) is 11.4 Å². The van der Waals surface area contributed by atoms with E-state index in [-0.39, 0.29) is 41.9 Å². The summed E-state index contributed by atoms with van der Waals surface area (Å²) in [4.78, 5) is 43.0. The van der Waals surface area contributed by atoms with E-state index in [1.807, 2.05) is 0 Å². The Hall–Kier alpha value is -3.28. The molecule has 5 N–H and O–H groups in total. The minimum atomic E-state index is -2.68. The number of aliphatic hydroxyl groups is 3. The number of halogens is 1. The van der Waals surface area contributed by atoms with E-state index in [9.17, 15) is 29.7 Å². The number of likely N-dealkylation sites (tertiary alicyclic amines) is 1. The highest BCUT2D eigenvalue weighted by Crippen LogP contribution is 2.53. The zero-order valence-electron chi connectivity index (χ0n) is 22.9. The van der Waals surface area contributed by atoms with Crippen LogP contribution in [0.25, 0.3) is 5.76 Å². The SMILES string of the molecule is C[CH-]COc1cc(CN2CCCC2)c(F)c2c1C(O)=C1C(=O)C3(O)C(O)=C(C(N)=O)C(=O)C(N(C)C)C3CC1C2. The number of benzene rings is 1. The summed E-state index contributed by atoms with van der Waals surface area (Å²) >= 11 is 0. The summed E-state index contributed by atoms with van der Waals surface area (Å²) in [6, 6.07) is 0.379. The lowest BCUT2D eigenvalue weighted by atomic mass is 9.57. The number of ether oxygens (including phenoxy) is 1. The Morgan fingerprint density at radius 2 is 1.95 bits per heavy atom. The second-order valence-corrected chi connectivity index (χ2v) is 11.4. The molecular weight excluding hydrogens is 521 g/mol. The molecule has 1 saturated carbocycles. The van der Waals surface area contributed by atoms with Crippen LogP contribution < -0.4 is 10.5 Å². The molecule has 1 aromatic carbocycles. The normalized spacial score (nSPS) is 28.6. The number of hydrogen-bond donors (Lipinski definition) is 4. The molecule has 1 aliphatic heterocycles. The Morgan fingerprint density at radius 3 is 2.55 bits per heavy atom. The van der Waals surface area contributed by atoms with Crippen LogP contribution in [0.4, 0.5) is 4.39 Å². The smallest absolute Gasteiger partial charge is 0.255 e. The van der Waals surface area contributed by atoms with Crippen molar-refractivity contribution in [2.24, 2.45) is 17.6 Å². The van der Waals surface area contributed by atoms with E-state index >= 15 is 4.39 Å². The highest BCUT2D eigenvalue weighted by atomic mass is 19.1. The van der Waals surface area contributed by atoms with Crippen LogP contribution in [-0.4, -0.2) is 88.0 Å². The van der Waals surface area contributed by atoms with Crippen LogP contribution in [0.3, 0.4) is 0 Å². The van der Waals surface area contributed by atoms with E-state index in [1.165, 1.54) is 4.90 Å². The Balaban J connectivity index is 1.68. The molecule has 3 aliphatic carbocycles. The summed E-state index contributed by atoms with van der Waals surface area (Å²) in [5, 5.41) is 34.2. The molecule has 1 aromatic rings. The van der Waals surface area contributed by atoms with Crippen LogP contribution in [0, 0.1) is 24.1 Å². The molecule has 0 bridgehead atoms. The number of primary amides is 1. The lowest BCUT2D eigenvalue weighted by Gasteiger charge is -2.50. The predicted octanol–water partition coefficient (Wildman–Crippen LogP) is 1.60. The van der Waals surface area contributed by atoms with Crippen molar-refractivity contribution >= 4 is 23.2 Å². The van der Waals surface area contributed by atoms with Gasteiger partial charge in [-0.1, -0.05) is 0 Å².